The molecular weight excluding hydrogens is 488 g/mol. The Balaban J connectivity index is 1.61. The molecular formula is C26H26N8O2S. The van der Waals surface area contributed by atoms with Crippen molar-refractivity contribution in [3.8, 4) is 22.8 Å². The van der Waals surface area contributed by atoms with Crippen molar-refractivity contribution in [3.63, 3.8) is 0 Å². The van der Waals surface area contributed by atoms with Gasteiger partial charge in [-0.3, -0.25) is 13.9 Å². The van der Waals surface area contributed by atoms with Crippen LogP contribution in [0.2, 0.25) is 0 Å². The van der Waals surface area contributed by atoms with Crippen molar-refractivity contribution < 1.29 is 9.47 Å². The molecule has 4 heterocycles. The molecule has 1 aromatic carbocycles. The van der Waals surface area contributed by atoms with Gasteiger partial charge in [0.1, 0.15) is 28.7 Å². The maximum absolute atomic E-state index is 5.54. The first kappa shape index (κ1) is 24.5. The largest absolute Gasteiger partial charge is 0.497 e. The number of ether oxygens (including phenoxy) is 2. The van der Waals surface area contributed by atoms with Gasteiger partial charge in [0.25, 0.3) is 0 Å². The van der Waals surface area contributed by atoms with E-state index in [2.05, 4.69) is 19.9 Å². The summed E-state index contributed by atoms with van der Waals surface area (Å²) in [6.45, 7) is 0.445. The molecule has 5 rings (SSSR count). The highest BCUT2D eigenvalue weighted by Crippen LogP contribution is 2.34. The minimum absolute atomic E-state index is 0.445. The van der Waals surface area contributed by atoms with Crippen molar-refractivity contribution in [1.29, 1.82) is 0 Å². The van der Waals surface area contributed by atoms with Gasteiger partial charge in [0.15, 0.2) is 5.65 Å². The third-order valence-electron chi connectivity index (χ3n) is 5.52. The van der Waals surface area contributed by atoms with E-state index in [-0.39, 0.29) is 0 Å². The Hall–Kier alpha value is -4.22. The van der Waals surface area contributed by atoms with Gasteiger partial charge in [-0.15, -0.1) is 0 Å². The molecule has 188 valence electrons. The van der Waals surface area contributed by atoms with E-state index in [1.165, 1.54) is 0 Å². The minimum Gasteiger partial charge on any atom is -0.497 e. The first-order valence-electron chi connectivity index (χ1n) is 11.5. The Morgan fingerprint density at radius 1 is 0.892 bits per heavy atom. The van der Waals surface area contributed by atoms with Gasteiger partial charge in [0.05, 0.1) is 38.3 Å². The molecule has 0 saturated carbocycles. The number of imidazole rings is 1. The number of fused-ring (bicyclic) bond motifs is 1. The van der Waals surface area contributed by atoms with Crippen LogP contribution in [0.5, 0.6) is 11.5 Å². The number of nitrogens with zero attached hydrogens (tertiary/aromatic N) is 8. The fourth-order valence-electron chi connectivity index (χ4n) is 3.78. The topological polar surface area (TPSA) is 94.3 Å². The first-order valence-corrected chi connectivity index (χ1v) is 12.2. The van der Waals surface area contributed by atoms with Crippen molar-refractivity contribution in [2.75, 3.05) is 33.2 Å². The highest BCUT2D eigenvalue weighted by Gasteiger charge is 2.19. The van der Waals surface area contributed by atoms with E-state index >= 15 is 0 Å². The number of hydrogen-bond donors (Lipinski definition) is 0. The summed E-state index contributed by atoms with van der Waals surface area (Å²) < 4.78 is 15.1. The predicted molar refractivity (Wildman–Crippen MR) is 145 cm³/mol. The lowest BCUT2D eigenvalue weighted by atomic mass is 10.2. The second-order valence-electron chi connectivity index (χ2n) is 8.22. The molecule has 0 amide bonds. The summed E-state index contributed by atoms with van der Waals surface area (Å²) in [4.78, 5) is 25.1. The zero-order chi connectivity index (χ0) is 25.8. The minimum atomic E-state index is 0.445. The van der Waals surface area contributed by atoms with Crippen LogP contribution in [0.3, 0.4) is 0 Å². The number of pyridine rings is 2. The van der Waals surface area contributed by atoms with Crippen LogP contribution < -0.4 is 14.4 Å². The molecule has 10 nitrogen and oxygen atoms in total. The van der Waals surface area contributed by atoms with Crippen LogP contribution in [0, 0.1) is 0 Å². The molecule has 5 aromatic rings. The molecule has 0 aliphatic rings. The molecule has 0 atom stereocenters. The molecule has 0 aliphatic heterocycles. The predicted octanol–water partition coefficient (Wildman–Crippen LogP) is 4.61. The number of anilines is 2. The van der Waals surface area contributed by atoms with Crippen LogP contribution in [0.4, 0.5) is 11.5 Å². The normalized spacial score (nSPS) is 11.2. The Morgan fingerprint density at radius 3 is 2.35 bits per heavy atom. The van der Waals surface area contributed by atoms with E-state index in [9.17, 15) is 0 Å². The van der Waals surface area contributed by atoms with Crippen molar-refractivity contribution in [3.05, 3.63) is 79.3 Å². The standard InChI is InChI=1S/C26H26N8O2S/c1-32(2)37-34-12-11-28-25(34)17-33(19-13-20(35-3)15-21(14-19)36-4)24-6-5-22-26(31-24)30-23(16-29-22)18-7-9-27-10-8-18/h5-16H,17H2,1-4H3. The zero-order valence-corrected chi connectivity index (χ0v) is 21.8. The molecule has 37 heavy (non-hydrogen) atoms. The Labute approximate surface area is 219 Å². The van der Waals surface area contributed by atoms with E-state index in [4.69, 9.17) is 19.4 Å². The number of methoxy groups -OCH3 is 2. The first-order chi connectivity index (χ1) is 18.0. The highest BCUT2D eigenvalue weighted by molar-refractivity contribution is 7.95. The molecule has 0 N–H and O–H groups in total. The average molecular weight is 515 g/mol. The molecule has 11 heteroatoms. The molecule has 0 aliphatic carbocycles. The van der Waals surface area contributed by atoms with E-state index in [1.807, 2.05) is 71.0 Å². The molecule has 0 radical (unpaired) electrons. The SMILES string of the molecule is COc1cc(OC)cc(N(Cc2nccn2SN(C)C)c2ccc3ncc(-c4ccncc4)nc3n2)c1. The van der Waals surface area contributed by atoms with Crippen LogP contribution in [0.25, 0.3) is 22.4 Å². The quantitative estimate of drug-likeness (QED) is 0.260. The van der Waals surface area contributed by atoms with E-state index < -0.39 is 0 Å². The second-order valence-corrected chi connectivity index (χ2v) is 9.51. The third-order valence-corrected chi connectivity index (χ3v) is 6.36. The molecule has 0 spiro atoms. The molecule has 0 saturated heterocycles. The van der Waals surface area contributed by atoms with E-state index in [0.717, 1.165) is 22.8 Å². The number of hydrogen-bond acceptors (Lipinski definition) is 10. The summed E-state index contributed by atoms with van der Waals surface area (Å²) in [5, 5.41) is 0. The van der Waals surface area contributed by atoms with Crippen molar-refractivity contribution in [2.45, 2.75) is 6.54 Å². The average Bonchev–Trinajstić information content (AvgIpc) is 3.36. The summed E-state index contributed by atoms with van der Waals surface area (Å²) in [6.07, 6.45) is 8.94. The van der Waals surface area contributed by atoms with Gasteiger partial charge in [0.2, 0.25) is 0 Å². The fraction of sp³-hybridized carbons (Fsp3) is 0.192. The van der Waals surface area contributed by atoms with Crippen molar-refractivity contribution >= 4 is 34.8 Å². The molecule has 0 unspecified atom stereocenters. The summed E-state index contributed by atoms with van der Waals surface area (Å²) in [7, 11) is 7.24. The number of aromatic nitrogens is 6. The molecule has 0 bridgehead atoms. The second kappa shape index (κ2) is 10.8. The fourth-order valence-corrected chi connectivity index (χ4v) is 4.44. The van der Waals surface area contributed by atoms with E-state index in [0.29, 0.717) is 35.0 Å². The maximum Gasteiger partial charge on any atom is 0.180 e. The lowest BCUT2D eigenvalue weighted by Gasteiger charge is -2.25. The van der Waals surface area contributed by atoms with Gasteiger partial charge in [-0.2, -0.15) is 0 Å². The van der Waals surface area contributed by atoms with E-state index in [1.54, 1.807) is 51.1 Å². The summed E-state index contributed by atoms with van der Waals surface area (Å²) in [5.74, 6) is 2.88. The molecule has 4 aromatic heterocycles. The van der Waals surface area contributed by atoms with Crippen LogP contribution >= 0.6 is 12.1 Å². The smallest absolute Gasteiger partial charge is 0.180 e. The summed E-state index contributed by atoms with van der Waals surface area (Å²) in [6, 6.07) is 13.4. The number of rotatable bonds is 9. The lowest BCUT2D eigenvalue weighted by molar-refractivity contribution is 0.394. The lowest BCUT2D eigenvalue weighted by Crippen LogP contribution is -2.21. The third kappa shape index (κ3) is 5.47. The Bertz CT molecular complexity index is 1490. The van der Waals surface area contributed by atoms with Gasteiger partial charge in [-0.25, -0.2) is 19.3 Å². The van der Waals surface area contributed by atoms with Crippen LogP contribution in [-0.4, -0.2) is 61.5 Å². The van der Waals surface area contributed by atoms with Crippen LogP contribution in [0.1, 0.15) is 5.82 Å². The maximum atomic E-state index is 5.54. The molecule has 0 fully saturated rings. The summed E-state index contributed by atoms with van der Waals surface area (Å²) in [5.41, 5.74) is 3.73. The van der Waals surface area contributed by atoms with Gasteiger partial charge < -0.3 is 14.4 Å². The van der Waals surface area contributed by atoms with Crippen molar-refractivity contribution in [1.82, 2.24) is 33.2 Å². The Kier molecular flexibility index (Phi) is 7.15. The summed E-state index contributed by atoms with van der Waals surface area (Å²) >= 11 is 1.55. The van der Waals surface area contributed by atoms with Crippen molar-refractivity contribution in [2.24, 2.45) is 0 Å². The van der Waals surface area contributed by atoms with Crippen LogP contribution in [-0.2, 0) is 6.54 Å². The highest BCUT2D eigenvalue weighted by atomic mass is 32.2. The van der Waals surface area contributed by atoms with Gasteiger partial charge in [0, 0.05) is 60.7 Å². The van der Waals surface area contributed by atoms with Gasteiger partial charge >= 0.3 is 0 Å². The van der Waals surface area contributed by atoms with Gasteiger partial charge in [-0.1, -0.05) is 0 Å². The Morgan fingerprint density at radius 2 is 1.65 bits per heavy atom. The zero-order valence-electron chi connectivity index (χ0n) is 20.9. The van der Waals surface area contributed by atoms with Crippen LogP contribution in [0.15, 0.2) is 73.4 Å². The number of benzene rings is 1. The van der Waals surface area contributed by atoms with Gasteiger partial charge in [-0.05, 0) is 38.4 Å². The monoisotopic (exact) mass is 514 g/mol.